The minimum absolute atomic E-state index is 0.249. The molecule has 3 heterocycles. The fourth-order valence-corrected chi connectivity index (χ4v) is 4.34. The molecule has 0 bridgehead atoms. The van der Waals surface area contributed by atoms with Crippen LogP contribution in [0.5, 0.6) is 11.5 Å². The molecule has 1 aliphatic rings. The molecule has 1 amide bonds. The quantitative estimate of drug-likeness (QED) is 0.331. The van der Waals surface area contributed by atoms with E-state index in [1.165, 1.54) is 6.33 Å². The number of para-hydroxylation sites is 1. The van der Waals surface area contributed by atoms with E-state index >= 15 is 0 Å². The third-order valence-corrected chi connectivity index (χ3v) is 6.07. The van der Waals surface area contributed by atoms with Gasteiger partial charge in [0, 0.05) is 24.5 Å². The van der Waals surface area contributed by atoms with Crippen molar-refractivity contribution in [2.24, 2.45) is 5.92 Å². The second-order valence-electron chi connectivity index (χ2n) is 10.2. The smallest absolute Gasteiger partial charge is 0.410 e. The fourth-order valence-electron chi connectivity index (χ4n) is 4.34. The van der Waals surface area contributed by atoms with Crippen LogP contribution in [-0.2, 0) is 11.2 Å². The average molecular weight is 498 g/mol. The van der Waals surface area contributed by atoms with E-state index in [0.717, 1.165) is 41.2 Å². The standard InChI is InChI=1S/C29H31N5O3/c1-29(2,3)37-28(35)34-16-15-20(18-34)17-22-11-14-25-26(32-22)27(31-19-30-25)33-21-9-12-24(13-10-21)36-23-7-5-4-6-8-23/h4-14,19-20H,15-18H2,1-3H3,(H,30,31,33). The first kappa shape index (κ1) is 24.5. The maximum atomic E-state index is 12.4. The lowest BCUT2D eigenvalue weighted by Gasteiger charge is -2.24. The van der Waals surface area contributed by atoms with Gasteiger partial charge in [0.05, 0.1) is 5.52 Å². The first-order chi connectivity index (χ1) is 17.8. The number of fused-ring (bicyclic) bond motifs is 1. The van der Waals surface area contributed by atoms with Crippen LogP contribution in [0, 0.1) is 5.92 Å². The zero-order valence-electron chi connectivity index (χ0n) is 21.3. The normalized spacial score (nSPS) is 15.5. The lowest BCUT2D eigenvalue weighted by molar-refractivity contribution is 0.0288. The lowest BCUT2D eigenvalue weighted by atomic mass is 10.0. The molecule has 1 N–H and O–H groups in total. The molecule has 2 aromatic heterocycles. The Balaban J connectivity index is 1.26. The number of carbonyl (C=O) groups is 1. The number of aromatic nitrogens is 3. The summed E-state index contributed by atoms with van der Waals surface area (Å²) in [6.45, 7) is 7.03. The van der Waals surface area contributed by atoms with Gasteiger partial charge in [-0.3, -0.25) is 0 Å². The molecule has 2 aromatic carbocycles. The monoisotopic (exact) mass is 497 g/mol. The molecule has 8 nitrogen and oxygen atoms in total. The van der Waals surface area contributed by atoms with Gasteiger partial charge in [-0.1, -0.05) is 18.2 Å². The van der Waals surface area contributed by atoms with Crippen molar-refractivity contribution in [1.29, 1.82) is 0 Å². The van der Waals surface area contributed by atoms with E-state index in [-0.39, 0.29) is 6.09 Å². The summed E-state index contributed by atoms with van der Waals surface area (Å²) in [5, 5.41) is 3.36. The molecule has 0 radical (unpaired) electrons. The summed E-state index contributed by atoms with van der Waals surface area (Å²) in [4.78, 5) is 27.9. The van der Waals surface area contributed by atoms with Gasteiger partial charge in [0.1, 0.15) is 28.9 Å². The Morgan fingerprint density at radius 2 is 1.76 bits per heavy atom. The van der Waals surface area contributed by atoms with E-state index in [4.69, 9.17) is 14.5 Å². The second kappa shape index (κ2) is 10.4. The minimum Gasteiger partial charge on any atom is -0.457 e. The highest BCUT2D eigenvalue weighted by atomic mass is 16.6. The van der Waals surface area contributed by atoms with E-state index < -0.39 is 5.60 Å². The summed E-state index contributed by atoms with van der Waals surface area (Å²) >= 11 is 0. The summed E-state index contributed by atoms with van der Waals surface area (Å²) in [5.74, 6) is 2.51. The molecule has 5 rings (SSSR count). The first-order valence-electron chi connectivity index (χ1n) is 12.5. The predicted molar refractivity (Wildman–Crippen MR) is 143 cm³/mol. The number of likely N-dealkylation sites (tertiary alicyclic amines) is 1. The molecule has 1 atom stereocenters. The van der Waals surface area contributed by atoms with Crippen molar-refractivity contribution in [3.63, 3.8) is 0 Å². The molecule has 1 saturated heterocycles. The van der Waals surface area contributed by atoms with Gasteiger partial charge in [-0.15, -0.1) is 0 Å². The maximum Gasteiger partial charge on any atom is 0.410 e. The summed E-state index contributed by atoms with van der Waals surface area (Å²) in [7, 11) is 0. The van der Waals surface area contributed by atoms with Crippen LogP contribution in [0.1, 0.15) is 32.9 Å². The zero-order chi connectivity index (χ0) is 25.8. The Labute approximate surface area is 216 Å². The lowest BCUT2D eigenvalue weighted by Crippen LogP contribution is -2.35. The SMILES string of the molecule is CC(C)(C)OC(=O)N1CCC(Cc2ccc3ncnc(Nc4ccc(Oc5ccccc5)cc4)c3n2)C1. The van der Waals surface area contributed by atoms with Gasteiger partial charge in [0.25, 0.3) is 0 Å². The van der Waals surface area contributed by atoms with E-state index in [2.05, 4.69) is 15.3 Å². The van der Waals surface area contributed by atoms with Crippen molar-refractivity contribution in [2.45, 2.75) is 39.2 Å². The Bertz CT molecular complexity index is 1370. The number of nitrogens with zero attached hydrogens (tertiary/aromatic N) is 4. The van der Waals surface area contributed by atoms with Crippen molar-refractivity contribution in [3.8, 4) is 11.5 Å². The molecule has 8 heteroatoms. The largest absolute Gasteiger partial charge is 0.457 e. The Morgan fingerprint density at radius 1 is 1.00 bits per heavy atom. The van der Waals surface area contributed by atoms with E-state index in [1.807, 2.05) is 87.5 Å². The summed E-state index contributed by atoms with van der Waals surface area (Å²) in [6, 6.07) is 21.4. The third-order valence-electron chi connectivity index (χ3n) is 6.07. The Hall–Kier alpha value is -4.20. The topological polar surface area (TPSA) is 89.5 Å². The van der Waals surface area contributed by atoms with Crippen LogP contribution in [0.2, 0.25) is 0 Å². The third kappa shape index (κ3) is 6.33. The molecule has 1 unspecified atom stereocenters. The molecule has 4 aromatic rings. The summed E-state index contributed by atoms with van der Waals surface area (Å²) in [6.07, 6.45) is 2.98. The van der Waals surface area contributed by atoms with Gasteiger partial charge < -0.3 is 19.7 Å². The van der Waals surface area contributed by atoms with Gasteiger partial charge in [0.15, 0.2) is 5.82 Å². The Kier molecular flexibility index (Phi) is 6.90. The number of hydrogen-bond donors (Lipinski definition) is 1. The van der Waals surface area contributed by atoms with Crippen molar-refractivity contribution in [2.75, 3.05) is 18.4 Å². The summed E-state index contributed by atoms with van der Waals surface area (Å²) in [5.41, 5.74) is 2.82. The molecular weight excluding hydrogens is 466 g/mol. The predicted octanol–water partition coefficient (Wildman–Crippen LogP) is 6.36. The average Bonchev–Trinajstić information content (AvgIpc) is 3.34. The van der Waals surface area contributed by atoms with E-state index in [9.17, 15) is 4.79 Å². The maximum absolute atomic E-state index is 12.4. The molecular formula is C29H31N5O3. The number of pyridine rings is 1. The molecule has 190 valence electrons. The Morgan fingerprint density at radius 3 is 2.51 bits per heavy atom. The van der Waals surface area contributed by atoms with Crippen LogP contribution in [0.25, 0.3) is 11.0 Å². The molecule has 37 heavy (non-hydrogen) atoms. The van der Waals surface area contributed by atoms with Crippen molar-refractivity contribution < 1.29 is 14.3 Å². The fraction of sp³-hybridized carbons (Fsp3) is 0.310. The zero-order valence-corrected chi connectivity index (χ0v) is 21.3. The van der Waals surface area contributed by atoms with Gasteiger partial charge in [-0.25, -0.2) is 19.7 Å². The molecule has 1 aliphatic heterocycles. The number of carbonyl (C=O) groups excluding carboxylic acids is 1. The van der Waals surface area contributed by atoms with Crippen molar-refractivity contribution >= 4 is 28.6 Å². The number of anilines is 2. The number of benzene rings is 2. The minimum atomic E-state index is -0.492. The van der Waals surface area contributed by atoms with E-state index in [1.54, 1.807) is 4.90 Å². The van der Waals surface area contributed by atoms with Crippen LogP contribution in [0.3, 0.4) is 0 Å². The van der Waals surface area contributed by atoms with Gasteiger partial charge in [-0.2, -0.15) is 0 Å². The highest BCUT2D eigenvalue weighted by molar-refractivity contribution is 5.87. The summed E-state index contributed by atoms with van der Waals surface area (Å²) < 4.78 is 11.4. The van der Waals surface area contributed by atoms with Crippen molar-refractivity contribution in [1.82, 2.24) is 19.9 Å². The number of ether oxygens (including phenoxy) is 2. The van der Waals surface area contributed by atoms with Gasteiger partial charge in [-0.05, 0) is 88.1 Å². The number of rotatable bonds is 6. The van der Waals surface area contributed by atoms with Gasteiger partial charge >= 0.3 is 6.09 Å². The van der Waals surface area contributed by atoms with Crippen LogP contribution < -0.4 is 10.1 Å². The highest BCUT2D eigenvalue weighted by Crippen LogP contribution is 2.27. The van der Waals surface area contributed by atoms with Gasteiger partial charge in [0.2, 0.25) is 0 Å². The number of amides is 1. The van der Waals surface area contributed by atoms with Crippen molar-refractivity contribution in [3.05, 3.63) is 78.8 Å². The molecule has 0 spiro atoms. The van der Waals surface area contributed by atoms with Crippen LogP contribution in [-0.4, -0.2) is 44.6 Å². The van der Waals surface area contributed by atoms with Crippen LogP contribution in [0.15, 0.2) is 73.1 Å². The van der Waals surface area contributed by atoms with Crippen LogP contribution in [0.4, 0.5) is 16.3 Å². The van der Waals surface area contributed by atoms with E-state index in [0.29, 0.717) is 30.3 Å². The molecule has 0 saturated carbocycles. The second-order valence-corrected chi connectivity index (χ2v) is 10.2. The molecule has 0 aliphatic carbocycles. The first-order valence-corrected chi connectivity index (χ1v) is 12.5. The van der Waals surface area contributed by atoms with Crippen LogP contribution >= 0.6 is 0 Å². The molecule has 1 fully saturated rings. The number of hydrogen-bond acceptors (Lipinski definition) is 7. The number of nitrogens with one attached hydrogen (secondary N) is 1. The highest BCUT2D eigenvalue weighted by Gasteiger charge is 2.30.